The van der Waals surface area contributed by atoms with Gasteiger partial charge >= 0.3 is 0 Å². The molecule has 1 atom stereocenters. The summed E-state index contributed by atoms with van der Waals surface area (Å²) < 4.78 is 17.6. The van der Waals surface area contributed by atoms with Crippen molar-refractivity contribution in [1.82, 2.24) is 14.9 Å². The van der Waals surface area contributed by atoms with Crippen molar-refractivity contribution in [1.29, 1.82) is 0 Å². The van der Waals surface area contributed by atoms with Gasteiger partial charge in [-0.25, -0.2) is 9.37 Å². The molecule has 0 aliphatic heterocycles. The second-order valence-corrected chi connectivity index (χ2v) is 10.0. The summed E-state index contributed by atoms with van der Waals surface area (Å²) in [7, 11) is 0. The lowest BCUT2D eigenvalue weighted by Gasteiger charge is -2.18. The number of nitrogens with zero attached hydrogens (tertiary/aromatic N) is 2. The van der Waals surface area contributed by atoms with Crippen LogP contribution >= 0.6 is 24.2 Å². The van der Waals surface area contributed by atoms with Gasteiger partial charge in [-0.2, -0.15) is 12.6 Å². The van der Waals surface area contributed by atoms with Crippen LogP contribution in [-0.4, -0.2) is 21.2 Å². The van der Waals surface area contributed by atoms with Crippen molar-refractivity contribution in [3.05, 3.63) is 76.6 Å². The van der Waals surface area contributed by atoms with E-state index in [0.29, 0.717) is 40.2 Å². The Kier molecular flexibility index (Phi) is 10.2. The number of aromatic nitrogens is 2. The van der Waals surface area contributed by atoms with Crippen molar-refractivity contribution in [2.45, 2.75) is 59.5 Å². The fourth-order valence-electron chi connectivity index (χ4n) is 4.25. The molecule has 0 unspecified atom stereocenters. The Morgan fingerprint density at radius 3 is 2.57 bits per heavy atom. The lowest BCUT2D eigenvalue weighted by molar-refractivity contribution is -0.124. The van der Waals surface area contributed by atoms with Gasteiger partial charge in [-0.05, 0) is 24.3 Å². The summed E-state index contributed by atoms with van der Waals surface area (Å²) in [4.78, 5) is 17.4. The first-order valence-electron chi connectivity index (χ1n) is 12.3. The van der Waals surface area contributed by atoms with Gasteiger partial charge in [-0.1, -0.05) is 87.3 Å². The average Bonchev–Trinajstić information content (AvgIpc) is 3.15. The van der Waals surface area contributed by atoms with Crippen molar-refractivity contribution in [3.8, 4) is 11.1 Å². The molecule has 7 heteroatoms. The van der Waals surface area contributed by atoms with Gasteiger partial charge in [0, 0.05) is 29.2 Å². The zero-order valence-corrected chi connectivity index (χ0v) is 22.4. The predicted molar refractivity (Wildman–Crippen MR) is 145 cm³/mol. The number of unbranched alkanes of at least 4 members (excludes halogenated alkanes) is 1. The van der Waals surface area contributed by atoms with Crippen molar-refractivity contribution >= 4 is 30.1 Å². The van der Waals surface area contributed by atoms with E-state index in [1.807, 2.05) is 41.0 Å². The average molecular weight is 516 g/mol. The number of nitrogens with one attached hydrogen (secondary N) is 1. The van der Waals surface area contributed by atoms with Crippen molar-refractivity contribution in [3.63, 3.8) is 0 Å². The molecule has 0 saturated heterocycles. The number of carbonyl (C=O) groups excluding carboxylic acids is 1. The highest BCUT2D eigenvalue weighted by atomic mass is 35.5. The Labute approximate surface area is 218 Å². The molecule has 1 aromatic heterocycles. The number of aryl methyl sites for hydroxylation is 1. The van der Waals surface area contributed by atoms with E-state index in [-0.39, 0.29) is 24.2 Å². The first-order valence-corrected chi connectivity index (χ1v) is 13.3. The molecule has 0 spiro atoms. The molecule has 0 fully saturated rings. The highest BCUT2D eigenvalue weighted by Crippen LogP contribution is 2.27. The maximum atomic E-state index is 15.6. The molecule has 0 radical (unpaired) electrons. The van der Waals surface area contributed by atoms with Gasteiger partial charge in [0.1, 0.15) is 11.6 Å². The summed E-state index contributed by atoms with van der Waals surface area (Å²) in [5.74, 6) is 1.20. The molecule has 35 heavy (non-hydrogen) atoms. The van der Waals surface area contributed by atoms with E-state index in [9.17, 15) is 4.79 Å². The summed E-state index contributed by atoms with van der Waals surface area (Å²) in [5, 5.41) is 3.37. The zero-order chi connectivity index (χ0) is 25.4. The quantitative estimate of drug-likeness (QED) is 0.256. The Morgan fingerprint density at radius 2 is 1.91 bits per heavy atom. The van der Waals surface area contributed by atoms with E-state index in [4.69, 9.17) is 11.6 Å². The molecule has 1 amide bonds. The number of amides is 1. The summed E-state index contributed by atoms with van der Waals surface area (Å²) in [6.07, 6.45) is 3.45. The minimum Gasteiger partial charge on any atom is -0.350 e. The highest BCUT2D eigenvalue weighted by molar-refractivity contribution is 7.80. The molecule has 3 aromatic rings. The lowest BCUT2D eigenvalue weighted by atomic mass is 9.98. The number of thiol groups is 1. The molecule has 2 aromatic carbocycles. The summed E-state index contributed by atoms with van der Waals surface area (Å²) in [5.41, 5.74) is 2.64. The molecule has 188 valence electrons. The molecule has 4 nitrogen and oxygen atoms in total. The number of carbonyl (C=O) groups is 1. The van der Waals surface area contributed by atoms with Crippen LogP contribution in [-0.2, 0) is 24.3 Å². The maximum absolute atomic E-state index is 15.6. The maximum Gasteiger partial charge on any atom is 0.224 e. The number of hydrogen-bond donors (Lipinski definition) is 2. The monoisotopic (exact) mass is 515 g/mol. The van der Waals surface area contributed by atoms with Gasteiger partial charge in [0.2, 0.25) is 5.91 Å². The summed E-state index contributed by atoms with van der Waals surface area (Å²) >= 11 is 10.9. The molecule has 3 rings (SSSR count). The summed E-state index contributed by atoms with van der Waals surface area (Å²) in [6.45, 7) is 6.82. The van der Waals surface area contributed by atoms with Crippen LogP contribution in [0.3, 0.4) is 0 Å². The Balaban J connectivity index is 1.90. The minimum atomic E-state index is -0.257. The fourth-order valence-corrected chi connectivity index (χ4v) is 4.83. The van der Waals surface area contributed by atoms with E-state index in [1.54, 1.807) is 12.1 Å². The normalized spacial score (nSPS) is 12.2. The minimum absolute atomic E-state index is 0.0510. The Morgan fingerprint density at radius 1 is 1.17 bits per heavy atom. The number of rotatable bonds is 12. The third kappa shape index (κ3) is 7.11. The van der Waals surface area contributed by atoms with Crippen LogP contribution in [0.15, 0.2) is 48.5 Å². The molecule has 1 N–H and O–H groups in total. The number of benzene rings is 2. The SMILES string of the molecule is CCCCc1nc(Cl)c(CNC(=O)[C@@H](CS)CC(C)C)n1Cc1cccc(-c2ccccc2)c1F. The van der Waals surface area contributed by atoms with E-state index in [0.717, 1.165) is 37.1 Å². The molecular weight excluding hydrogens is 481 g/mol. The van der Waals surface area contributed by atoms with E-state index >= 15 is 4.39 Å². The third-order valence-corrected chi connectivity index (χ3v) is 6.87. The van der Waals surface area contributed by atoms with Gasteiger partial charge in [-0.3, -0.25) is 4.79 Å². The van der Waals surface area contributed by atoms with Crippen LogP contribution in [0, 0.1) is 17.7 Å². The molecule has 0 bridgehead atoms. The van der Waals surface area contributed by atoms with E-state index < -0.39 is 0 Å². The smallest absolute Gasteiger partial charge is 0.224 e. The van der Waals surface area contributed by atoms with Crippen LogP contribution in [0.5, 0.6) is 0 Å². The van der Waals surface area contributed by atoms with Gasteiger partial charge in [0.05, 0.1) is 18.8 Å². The van der Waals surface area contributed by atoms with Crippen LogP contribution in [0.2, 0.25) is 5.15 Å². The van der Waals surface area contributed by atoms with Crippen molar-refractivity contribution in [2.75, 3.05) is 5.75 Å². The van der Waals surface area contributed by atoms with E-state index in [1.165, 1.54) is 0 Å². The van der Waals surface area contributed by atoms with Crippen LogP contribution in [0.25, 0.3) is 11.1 Å². The molecule has 0 aliphatic carbocycles. The van der Waals surface area contributed by atoms with Crippen LogP contribution < -0.4 is 5.32 Å². The molecule has 0 saturated carbocycles. The third-order valence-electron chi connectivity index (χ3n) is 6.13. The van der Waals surface area contributed by atoms with Crippen molar-refractivity contribution < 1.29 is 9.18 Å². The van der Waals surface area contributed by atoms with Crippen LogP contribution in [0.4, 0.5) is 4.39 Å². The Bertz CT molecular complexity index is 1120. The van der Waals surface area contributed by atoms with Gasteiger partial charge in [0.25, 0.3) is 0 Å². The summed E-state index contributed by atoms with van der Waals surface area (Å²) in [6, 6.07) is 15.0. The topological polar surface area (TPSA) is 46.9 Å². The van der Waals surface area contributed by atoms with Gasteiger partial charge in [-0.15, -0.1) is 0 Å². The first kappa shape index (κ1) is 27.3. The molecular formula is C28H35ClFN3OS. The lowest BCUT2D eigenvalue weighted by Crippen LogP contribution is -2.33. The predicted octanol–water partition coefficient (Wildman–Crippen LogP) is 6.94. The van der Waals surface area contributed by atoms with Gasteiger partial charge in [0.15, 0.2) is 5.15 Å². The second-order valence-electron chi connectivity index (χ2n) is 9.33. The number of imidazole rings is 1. The molecule has 1 heterocycles. The fraction of sp³-hybridized carbons (Fsp3) is 0.429. The highest BCUT2D eigenvalue weighted by Gasteiger charge is 2.22. The van der Waals surface area contributed by atoms with Crippen LogP contribution in [0.1, 0.15) is 57.1 Å². The molecule has 0 aliphatic rings. The standard InChI is InChI=1S/C28H35ClFN3OS/c1-4-5-14-25-32-27(29)24(16-31-28(34)22(18-35)15-19(2)3)33(25)17-21-12-9-13-23(26(21)30)20-10-7-6-8-11-20/h6-13,19,22,35H,4-5,14-18H2,1-3H3,(H,31,34)/t22-/m1/s1. The van der Waals surface area contributed by atoms with E-state index in [2.05, 4.69) is 43.7 Å². The van der Waals surface area contributed by atoms with Gasteiger partial charge < -0.3 is 9.88 Å². The Hall–Kier alpha value is -2.31. The second kappa shape index (κ2) is 13.1. The largest absolute Gasteiger partial charge is 0.350 e. The van der Waals surface area contributed by atoms with Crippen molar-refractivity contribution in [2.24, 2.45) is 11.8 Å². The first-order chi connectivity index (χ1) is 16.8. The zero-order valence-electron chi connectivity index (χ0n) is 20.7. The number of halogens is 2. The number of hydrogen-bond acceptors (Lipinski definition) is 3.